The van der Waals surface area contributed by atoms with Gasteiger partial charge in [-0.3, -0.25) is 4.79 Å². The van der Waals surface area contributed by atoms with Crippen LogP contribution < -0.4 is 9.47 Å². The number of rotatable bonds is 12. The molecule has 0 aliphatic carbocycles. The lowest BCUT2D eigenvalue weighted by Crippen LogP contribution is -2.09. The van der Waals surface area contributed by atoms with Gasteiger partial charge in [0.05, 0.1) is 18.8 Å². The summed E-state index contributed by atoms with van der Waals surface area (Å²) in [6.07, 6.45) is 2.57. The summed E-state index contributed by atoms with van der Waals surface area (Å²) in [6, 6.07) is 5.21. The van der Waals surface area contributed by atoms with E-state index in [2.05, 4.69) is 0 Å². The molecule has 21 heavy (non-hydrogen) atoms. The lowest BCUT2D eigenvalue weighted by atomic mass is 10.2. The van der Waals surface area contributed by atoms with Gasteiger partial charge in [-0.1, -0.05) is 6.92 Å². The first-order valence-electron chi connectivity index (χ1n) is 7.23. The third-order valence-corrected chi connectivity index (χ3v) is 2.71. The molecule has 0 saturated carbocycles. The van der Waals surface area contributed by atoms with Gasteiger partial charge in [-0.2, -0.15) is 0 Å². The standard InChI is InChI=1S/C16H24O5/c1-3-7-20-15-6-5-14(13-17)16(12-15)21-11-10-19-9-4-8-18-2/h5-6,12-13H,3-4,7-11H2,1-2H3. The second-order valence-electron chi connectivity index (χ2n) is 4.47. The molecule has 0 unspecified atom stereocenters. The number of hydrogen-bond acceptors (Lipinski definition) is 5. The van der Waals surface area contributed by atoms with Crippen molar-refractivity contribution >= 4 is 6.29 Å². The summed E-state index contributed by atoms with van der Waals surface area (Å²) in [4.78, 5) is 11.0. The van der Waals surface area contributed by atoms with Gasteiger partial charge in [0.1, 0.15) is 18.1 Å². The van der Waals surface area contributed by atoms with Crippen LogP contribution in [-0.2, 0) is 9.47 Å². The van der Waals surface area contributed by atoms with Crippen molar-refractivity contribution in [3.63, 3.8) is 0 Å². The van der Waals surface area contributed by atoms with Gasteiger partial charge < -0.3 is 18.9 Å². The topological polar surface area (TPSA) is 54.0 Å². The highest BCUT2D eigenvalue weighted by atomic mass is 16.5. The van der Waals surface area contributed by atoms with Gasteiger partial charge >= 0.3 is 0 Å². The van der Waals surface area contributed by atoms with Crippen molar-refractivity contribution in [3.8, 4) is 11.5 Å². The molecule has 118 valence electrons. The van der Waals surface area contributed by atoms with Gasteiger partial charge in [-0.15, -0.1) is 0 Å². The molecule has 0 aliphatic heterocycles. The fourth-order valence-electron chi connectivity index (χ4n) is 1.66. The summed E-state index contributed by atoms with van der Waals surface area (Å²) in [5.41, 5.74) is 0.512. The van der Waals surface area contributed by atoms with Gasteiger partial charge in [0.25, 0.3) is 0 Å². The first kappa shape index (κ1) is 17.5. The average Bonchev–Trinajstić information content (AvgIpc) is 2.52. The molecule has 0 bridgehead atoms. The quantitative estimate of drug-likeness (QED) is 0.438. The highest BCUT2D eigenvalue weighted by Gasteiger charge is 2.05. The molecule has 0 aromatic heterocycles. The van der Waals surface area contributed by atoms with Gasteiger partial charge in [-0.05, 0) is 25.0 Å². The molecule has 0 amide bonds. The van der Waals surface area contributed by atoms with E-state index in [0.717, 1.165) is 19.1 Å². The zero-order chi connectivity index (χ0) is 15.3. The Balaban J connectivity index is 2.39. The monoisotopic (exact) mass is 296 g/mol. The Kier molecular flexibility index (Phi) is 9.24. The Bertz CT molecular complexity index is 406. The summed E-state index contributed by atoms with van der Waals surface area (Å²) in [6.45, 7) is 4.87. The molecule has 0 atom stereocenters. The molecule has 0 N–H and O–H groups in total. The third kappa shape index (κ3) is 7.11. The number of hydrogen-bond donors (Lipinski definition) is 0. The molecule has 0 spiro atoms. The molecule has 0 radical (unpaired) electrons. The smallest absolute Gasteiger partial charge is 0.153 e. The highest BCUT2D eigenvalue weighted by molar-refractivity contribution is 5.79. The van der Waals surface area contributed by atoms with Crippen LogP contribution >= 0.6 is 0 Å². The van der Waals surface area contributed by atoms with Crippen LogP contribution in [0.25, 0.3) is 0 Å². The molecule has 5 heteroatoms. The predicted octanol–water partition coefficient (Wildman–Crippen LogP) is 2.72. The third-order valence-electron chi connectivity index (χ3n) is 2.71. The van der Waals surface area contributed by atoms with E-state index in [9.17, 15) is 4.79 Å². The molecule has 0 heterocycles. The minimum Gasteiger partial charge on any atom is -0.493 e. The number of carbonyl (C=O) groups is 1. The summed E-state index contributed by atoms with van der Waals surface area (Å²) in [7, 11) is 1.66. The van der Waals surface area contributed by atoms with Crippen LogP contribution in [0.4, 0.5) is 0 Å². The molecule has 1 aromatic rings. The Morgan fingerprint density at radius 1 is 1.05 bits per heavy atom. The number of ether oxygens (including phenoxy) is 4. The highest BCUT2D eigenvalue weighted by Crippen LogP contribution is 2.23. The lowest BCUT2D eigenvalue weighted by Gasteiger charge is -2.11. The van der Waals surface area contributed by atoms with Crippen molar-refractivity contribution < 1.29 is 23.7 Å². The second kappa shape index (κ2) is 11.1. The van der Waals surface area contributed by atoms with E-state index < -0.39 is 0 Å². The van der Waals surface area contributed by atoms with Gasteiger partial charge in [0.2, 0.25) is 0 Å². The van der Waals surface area contributed by atoms with E-state index in [-0.39, 0.29) is 0 Å². The molecule has 0 aliphatic rings. The van der Waals surface area contributed by atoms with Crippen LogP contribution in [0.2, 0.25) is 0 Å². The van der Waals surface area contributed by atoms with Gasteiger partial charge in [0.15, 0.2) is 6.29 Å². The van der Waals surface area contributed by atoms with E-state index in [4.69, 9.17) is 18.9 Å². The van der Waals surface area contributed by atoms with Crippen LogP contribution in [0.15, 0.2) is 18.2 Å². The molecule has 1 rings (SSSR count). The van der Waals surface area contributed by atoms with Crippen LogP contribution in [-0.4, -0.2) is 46.4 Å². The van der Waals surface area contributed by atoms with Gasteiger partial charge in [0, 0.05) is 26.4 Å². The van der Waals surface area contributed by atoms with Crippen molar-refractivity contribution in [1.29, 1.82) is 0 Å². The van der Waals surface area contributed by atoms with Crippen LogP contribution in [0.1, 0.15) is 30.1 Å². The van der Waals surface area contributed by atoms with Crippen LogP contribution in [0.5, 0.6) is 11.5 Å². The van der Waals surface area contributed by atoms with E-state index in [1.165, 1.54) is 0 Å². The zero-order valence-electron chi connectivity index (χ0n) is 12.8. The van der Waals surface area contributed by atoms with Crippen molar-refractivity contribution in [2.24, 2.45) is 0 Å². The van der Waals surface area contributed by atoms with E-state index in [1.54, 1.807) is 25.3 Å². The first-order valence-corrected chi connectivity index (χ1v) is 7.23. The van der Waals surface area contributed by atoms with Crippen molar-refractivity contribution in [1.82, 2.24) is 0 Å². The fourth-order valence-corrected chi connectivity index (χ4v) is 1.66. The van der Waals surface area contributed by atoms with E-state index in [1.807, 2.05) is 6.92 Å². The molecule has 1 aromatic carbocycles. The molecule has 0 saturated heterocycles. The molecular weight excluding hydrogens is 272 g/mol. The number of carbonyl (C=O) groups excluding carboxylic acids is 1. The minimum absolute atomic E-state index is 0.394. The Morgan fingerprint density at radius 3 is 2.62 bits per heavy atom. The maximum atomic E-state index is 11.0. The lowest BCUT2D eigenvalue weighted by molar-refractivity contribution is 0.0801. The first-order chi connectivity index (χ1) is 10.3. The SMILES string of the molecule is CCCOc1ccc(C=O)c(OCCOCCCOC)c1. The van der Waals surface area contributed by atoms with Crippen LogP contribution in [0.3, 0.4) is 0 Å². The number of benzene rings is 1. The van der Waals surface area contributed by atoms with Crippen LogP contribution in [0, 0.1) is 0 Å². The Morgan fingerprint density at radius 2 is 1.90 bits per heavy atom. The fraction of sp³-hybridized carbons (Fsp3) is 0.562. The normalized spacial score (nSPS) is 10.4. The average molecular weight is 296 g/mol. The molecular formula is C16H24O5. The summed E-state index contributed by atoms with van der Waals surface area (Å²) >= 11 is 0. The molecule has 0 fully saturated rings. The minimum atomic E-state index is 0.394. The van der Waals surface area contributed by atoms with Crippen molar-refractivity contribution in [3.05, 3.63) is 23.8 Å². The van der Waals surface area contributed by atoms with E-state index >= 15 is 0 Å². The Labute approximate surface area is 126 Å². The van der Waals surface area contributed by atoms with E-state index in [0.29, 0.717) is 50.1 Å². The maximum absolute atomic E-state index is 11.0. The second-order valence-corrected chi connectivity index (χ2v) is 4.47. The zero-order valence-corrected chi connectivity index (χ0v) is 12.8. The van der Waals surface area contributed by atoms with Crippen molar-refractivity contribution in [2.45, 2.75) is 19.8 Å². The predicted molar refractivity (Wildman–Crippen MR) is 80.4 cm³/mol. The maximum Gasteiger partial charge on any atom is 0.153 e. The summed E-state index contributed by atoms with van der Waals surface area (Å²) in [5.74, 6) is 1.23. The van der Waals surface area contributed by atoms with Gasteiger partial charge in [-0.25, -0.2) is 0 Å². The summed E-state index contributed by atoms with van der Waals surface area (Å²) in [5, 5.41) is 0. The number of aldehydes is 1. The van der Waals surface area contributed by atoms with Crippen molar-refractivity contribution in [2.75, 3.05) is 40.1 Å². The number of methoxy groups -OCH3 is 1. The molecule has 5 nitrogen and oxygen atoms in total. The Hall–Kier alpha value is -1.59. The largest absolute Gasteiger partial charge is 0.493 e. The summed E-state index contributed by atoms with van der Waals surface area (Å²) < 4.78 is 21.4.